The first-order valence-corrected chi connectivity index (χ1v) is 6.86. The number of benzene rings is 2. The Bertz CT molecular complexity index is 897. The molecule has 0 bridgehead atoms. The molecule has 0 aliphatic carbocycles. The van der Waals surface area contributed by atoms with Gasteiger partial charge in [0.1, 0.15) is 0 Å². The molecule has 0 unspecified atom stereocenters. The number of rotatable bonds is 2. The lowest BCUT2D eigenvalue weighted by Crippen LogP contribution is -2.16. The van der Waals surface area contributed by atoms with E-state index in [1.54, 1.807) is 24.3 Å². The zero-order valence-corrected chi connectivity index (χ0v) is 12.2. The van der Waals surface area contributed by atoms with Gasteiger partial charge in [0, 0.05) is 5.56 Å². The Morgan fingerprint density at radius 2 is 1.70 bits per heavy atom. The number of aromatic amines is 1. The van der Waals surface area contributed by atoms with Crippen LogP contribution >= 0.6 is 11.6 Å². The van der Waals surface area contributed by atoms with E-state index in [1.165, 1.54) is 12.1 Å². The van der Waals surface area contributed by atoms with E-state index in [4.69, 9.17) is 11.6 Å². The van der Waals surface area contributed by atoms with Gasteiger partial charge in [0.2, 0.25) is 0 Å². The van der Waals surface area contributed by atoms with E-state index in [0.29, 0.717) is 10.6 Å². The molecule has 0 amide bonds. The van der Waals surface area contributed by atoms with Crippen LogP contribution < -0.4 is 5.69 Å². The molecular formula is C15H9ClF3N3O. The molecule has 23 heavy (non-hydrogen) atoms. The number of hydrogen-bond acceptors (Lipinski definition) is 2. The van der Waals surface area contributed by atoms with Crippen molar-refractivity contribution in [1.29, 1.82) is 0 Å². The van der Waals surface area contributed by atoms with Crippen LogP contribution in [0.4, 0.5) is 13.2 Å². The van der Waals surface area contributed by atoms with Gasteiger partial charge >= 0.3 is 11.9 Å². The lowest BCUT2D eigenvalue weighted by atomic mass is 10.2. The van der Waals surface area contributed by atoms with E-state index in [0.717, 1.165) is 16.8 Å². The summed E-state index contributed by atoms with van der Waals surface area (Å²) in [5.41, 5.74) is -0.620. The molecule has 3 rings (SSSR count). The van der Waals surface area contributed by atoms with Crippen LogP contribution in [0.3, 0.4) is 0 Å². The Labute approximate surface area is 133 Å². The Morgan fingerprint density at radius 1 is 1.04 bits per heavy atom. The van der Waals surface area contributed by atoms with E-state index in [-0.39, 0.29) is 11.5 Å². The Morgan fingerprint density at radius 3 is 2.30 bits per heavy atom. The Balaban J connectivity index is 2.02. The molecule has 0 atom stereocenters. The highest BCUT2D eigenvalue weighted by Crippen LogP contribution is 2.29. The van der Waals surface area contributed by atoms with Crippen LogP contribution in [0.25, 0.3) is 17.1 Å². The third-order valence-electron chi connectivity index (χ3n) is 3.19. The van der Waals surface area contributed by atoms with E-state index in [1.807, 2.05) is 0 Å². The molecule has 1 N–H and O–H groups in total. The monoisotopic (exact) mass is 339 g/mol. The van der Waals surface area contributed by atoms with Crippen molar-refractivity contribution in [3.05, 3.63) is 69.6 Å². The summed E-state index contributed by atoms with van der Waals surface area (Å²) in [7, 11) is 0. The first-order valence-electron chi connectivity index (χ1n) is 6.48. The normalized spacial score (nSPS) is 11.7. The fourth-order valence-corrected chi connectivity index (χ4v) is 2.29. The van der Waals surface area contributed by atoms with E-state index in [2.05, 4.69) is 10.1 Å². The van der Waals surface area contributed by atoms with E-state index >= 15 is 0 Å². The fourth-order valence-electron chi connectivity index (χ4n) is 2.07. The topological polar surface area (TPSA) is 50.7 Å². The first-order chi connectivity index (χ1) is 10.9. The number of halogens is 4. The molecular weight excluding hydrogens is 331 g/mol. The highest BCUT2D eigenvalue weighted by Gasteiger charge is 2.30. The van der Waals surface area contributed by atoms with Gasteiger partial charge in [-0.25, -0.2) is 4.79 Å². The molecule has 0 aliphatic heterocycles. The number of H-pyrrole nitrogens is 1. The van der Waals surface area contributed by atoms with Gasteiger partial charge in [0.15, 0.2) is 5.82 Å². The van der Waals surface area contributed by atoms with Gasteiger partial charge in [-0.1, -0.05) is 23.7 Å². The summed E-state index contributed by atoms with van der Waals surface area (Å²) < 4.78 is 38.7. The van der Waals surface area contributed by atoms with Crippen molar-refractivity contribution >= 4 is 11.6 Å². The van der Waals surface area contributed by atoms with E-state index in [9.17, 15) is 18.0 Å². The molecule has 8 heteroatoms. The van der Waals surface area contributed by atoms with Gasteiger partial charge < -0.3 is 0 Å². The first kappa shape index (κ1) is 15.4. The molecule has 118 valence electrons. The van der Waals surface area contributed by atoms with Crippen molar-refractivity contribution in [3.8, 4) is 17.1 Å². The molecule has 0 radical (unpaired) electrons. The summed E-state index contributed by atoms with van der Waals surface area (Å²) in [5.74, 6) is 0.237. The quantitative estimate of drug-likeness (QED) is 0.770. The van der Waals surface area contributed by atoms with Crippen LogP contribution in [0, 0.1) is 0 Å². The Hall–Kier alpha value is -2.54. The van der Waals surface area contributed by atoms with Gasteiger partial charge in [0.05, 0.1) is 16.3 Å². The SMILES string of the molecule is O=c1[nH]c(-c2ccccc2Cl)nn1-c1ccc(C(F)(F)F)cc1. The summed E-state index contributed by atoms with van der Waals surface area (Å²) >= 11 is 6.04. The molecule has 0 spiro atoms. The van der Waals surface area contributed by atoms with Crippen molar-refractivity contribution in [3.63, 3.8) is 0 Å². The van der Waals surface area contributed by atoms with Crippen LogP contribution in [-0.2, 0) is 6.18 Å². The molecule has 0 fully saturated rings. The minimum absolute atomic E-state index is 0.220. The molecule has 0 saturated carbocycles. The highest BCUT2D eigenvalue weighted by molar-refractivity contribution is 6.33. The van der Waals surface area contributed by atoms with Crippen molar-refractivity contribution in [2.24, 2.45) is 0 Å². The smallest absolute Gasteiger partial charge is 0.288 e. The second-order valence-corrected chi connectivity index (χ2v) is 5.12. The van der Waals surface area contributed by atoms with Gasteiger partial charge in [0.25, 0.3) is 0 Å². The van der Waals surface area contributed by atoms with Gasteiger partial charge in [-0.05, 0) is 36.4 Å². The fraction of sp³-hybridized carbons (Fsp3) is 0.0667. The zero-order chi connectivity index (χ0) is 16.6. The molecule has 3 aromatic rings. The maximum atomic E-state index is 12.6. The molecule has 1 aromatic heterocycles. The molecule has 0 aliphatic rings. The van der Waals surface area contributed by atoms with Crippen molar-refractivity contribution in [1.82, 2.24) is 14.8 Å². The van der Waals surface area contributed by atoms with Gasteiger partial charge in [-0.3, -0.25) is 4.98 Å². The number of nitrogens with zero attached hydrogens (tertiary/aromatic N) is 2. The van der Waals surface area contributed by atoms with E-state index < -0.39 is 17.4 Å². The zero-order valence-electron chi connectivity index (χ0n) is 11.4. The van der Waals surface area contributed by atoms with Crippen LogP contribution in [0.5, 0.6) is 0 Å². The number of alkyl halides is 3. The van der Waals surface area contributed by atoms with Crippen LogP contribution in [0.2, 0.25) is 5.02 Å². The lowest BCUT2D eigenvalue weighted by molar-refractivity contribution is -0.137. The highest BCUT2D eigenvalue weighted by atomic mass is 35.5. The van der Waals surface area contributed by atoms with Crippen LogP contribution in [0.15, 0.2) is 53.3 Å². The number of nitrogens with one attached hydrogen (secondary N) is 1. The summed E-state index contributed by atoms with van der Waals surface area (Å²) in [6.07, 6.45) is -4.43. The van der Waals surface area contributed by atoms with Crippen molar-refractivity contribution < 1.29 is 13.2 Å². The third kappa shape index (κ3) is 3.00. The predicted octanol–water partition coefficient (Wildman–Crippen LogP) is 3.90. The predicted molar refractivity (Wildman–Crippen MR) is 79.6 cm³/mol. The molecule has 1 heterocycles. The van der Waals surface area contributed by atoms with Crippen LogP contribution in [-0.4, -0.2) is 14.8 Å². The second kappa shape index (κ2) is 5.58. The minimum Gasteiger partial charge on any atom is -0.288 e. The Kier molecular flexibility index (Phi) is 3.73. The van der Waals surface area contributed by atoms with Crippen molar-refractivity contribution in [2.75, 3.05) is 0 Å². The summed E-state index contributed by atoms with van der Waals surface area (Å²) in [6.45, 7) is 0. The summed E-state index contributed by atoms with van der Waals surface area (Å²) in [4.78, 5) is 14.5. The maximum Gasteiger partial charge on any atom is 0.416 e. The number of aromatic nitrogens is 3. The molecule has 2 aromatic carbocycles. The molecule has 4 nitrogen and oxygen atoms in total. The lowest BCUT2D eigenvalue weighted by Gasteiger charge is -2.06. The van der Waals surface area contributed by atoms with Gasteiger partial charge in [-0.15, -0.1) is 5.10 Å². The minimum atomic E-state index is -4.43. The standard InChI is InChI=1S/C15H9ClF3N3O/c16-12-4-2-1-3-11(12)13-20-14(23)22(21-13)10-7-5-9(6-8-10)15(17,18)19/h1-8H,(H,20,21,23). The average molecular weight is 340 g/mol. The maximum absolute atomic E-state index is 12.6. The third-order valence-corrected chi connectivity index (χ3v) is 3.52. The van der Waals surface area contributed by atoms with Crippen LogP contribution in [0.1, 0.15) is 5.56 Å². The average Bonchev–Trinajstić information content (AvgIpc) is 2.89. The molecule has 0 saturated heterocycles. The van der Waals surface area contributed by atoms with Crippen molar-refractivity contribution in [2.45, 2.75) is 6.18 Å². The summed E-state index contributed by atoms with van der Waals surface area (Å²) in [5, 5.41) is 4.49. The number of hydrogen-bond donors (Lipinski definition) is 1. The largest absolute Gasteiger partial charge is 0.416 e. The second-order valence-electron chi connectivity index (χ2n) is 4.72. The van der Waals surface area contributed by atoms with Gasteiger partial charge in [-0.2, -0.15) is 17.9 Å². The summed E-state index contributed by atoms with van der Waals surface area (Å²) in [6, 6.07) is 10.9.